The molecule has 0 aromatic carbocycles. The molecule has 1 amide bonds. The maximum atomic E-state index is 11.8. The van der Waals surface area contributed by atoms with Crippen molar-refractivity contribution < 1.29 is 4.79 Å². The van der Waals surface area contributed by atoms with Crippen LogP contribution in [0.4, 0.5) is 0 Å². The van der Waals surface area contributed by atoms with Gasteiger partial charge in [-0.25, -0.2) is 10.8 Å². The van der Waals surface area contributed by atoms with Gasteiger partial charge < -0.3 is 4.90 Å². The molecule has 0 saturated heterocycles. The first-order chi connectivity index (χ1) is 9.29. The van der Waals surface area contributed by atoms with E-state index in [0.29, 0.717) is 5.69 Å². The standard InChI is InChI=1S/C12H11N5OS/c13-15-12(18)10-11-8-1-3-16(8)5-9-7(2-4-19-9)17(11)6-14-10/h1-2,4,6H,3,5,13H2,(H,15,18). The third-order valence-electron chi connectivity index (χ3n) is 3.52. The maximum Gasteiger partial charge on any atom is 0.286 e. The number of rotatable bonds is 1. The summed E-state index contributed by atoms with van der Waals surface area (Å²) in [5.41, 5.74) is 5.51. The van der Waals surface area contributed by atoms with Gasteiger partial charge in [0, 0.05) is 11.4 Å². The molecule has 0 fully saturated rings. The van der Waals surface area contributed by atoms with Crippen molar-refractivity contribution in [2.45, 2.75) is 6.54 Å². The van der Waals surface area contributed by atoms with Gasteiger partial charge in [0.1, 0.15) is 12.0 Å². The molecule has 0 unspecified atom stereocenters. The van der Waals surface area contributed by atoms with Crippen LogP contribution in [0, 0.1) is 0 Å². The van der Waals surface area contributed by atoms with Gasteiger partial charge in [-0.1, -0.05) is 0 Å². The molecule has 2 aromatic heterocycles. The van der Waals surface area contributed by atoms with Crippen LogP contribution in [0.1, 0.15) is 21.1 Å². The molecule has 0 spiro atoms. The molecule has 7 heteroatoms. The van der Waals surface area contributed by atoms with Crippen molar-refractivity contribution in [3.05, 3.63) is 40.1 Å². The van der Waals surface area contributed by atoms with Crippen molar-refractivity contribution in [2.24, 2.45) is 5.84 Å². The van der Waals surface area contributed by atoms with Crippen molar-refractivity contribution in [1.29, 1.82) is 0 Å². The first-order valence-corrected chi connectivity index (χ1v) is 6.78. The number of carbonyl (C=O) groups is 1. The normalized spacial score (nSPS) is 15.6. The van der Waals surface area contributed by atoms with E-state index in [2.05, 4.69) is 32.8 Å². The number of nitrogens with two attached hydrogens (primary N) is 1. The van der Waals surface area contributed by atoms with E-state index in [1.54, 1.807) is 17.7 Å². The second kappa shape index (κ2) is 3.69. The van der Waals surface area contributed by atoms with Gasteiger partial charge >= 0.3 is 0 Å². The number of nitrogens with one attached hydrogen (secondary N) is 1. The molecule has 0 saturated carbocycles. The molecular formula is C12H11N5OS. The fourth-order valence-corrected chi connectivity index (χ4v) is 3.44. The quantitative estimate of drug-likeness (QED) is 0.456. The van der Waals surface area contributed by atoms with Crippen LogP contribution in [-0.2, 0) is 6.54 Å². The number of hydrogen-bond acceptors (Lipinski definition) is 5. The van der Waals surface area contributed by atoms with Crippen LogP contribution < -0.4 is 11.3 Å². The molecule has 0 bridgehead atoms. The minimum absolute atomic E-state index is 0.361. The lowest BCUT2D eigenvalue weighted by Gasteiger charge is -2.32. The summed E-state index contributed by atoms with van der Waals surface area (Å²) in [5.74, 6) is 4.87. The predicted octanol–water partition coefficient (Wildman–Crippen LogP) is 0.707. The predicted molar refractivity (Wildman–Crippen MR) is 71.5 cm³/mol. The Balaban J connectivity index is 1.99. The summed E-state index contributed by atoms with van der Waals surface area (Å²) < 4.78 is 1.97. The smallest absolute Gasteiger partial charge is 0.286 e. The van der Waals surface area contributed by atoms with Crippen LogP contribution in [-0.4, -0.2) is 26.9 Å². The summed E-state index contributed by atoms with van der Waals surface area (Å²) >= 11 is 1.72. The second-order valence-electron chi connectivity index (χ2n) is 4.48. The van der Waals surface area contributed by atoms with Crippen LogP contribution in [0.15, 0.2) is 23.8 Å². The van der Waals surface area contributed by atoms with E-state index in [0.717, 1.165) is 30.2 Å². The molecule has 0 radical (unpaired) electrons. The lowest BCUT2D eigenvalue weighted by Crippen LogP contribution is -2.33. The highest BCUT2D eigenvalue weighted by Gasteiger charge is 2.32. The van der Waals surface area contributed by atoms with E-state index >= 15 is 0 Å². The summed E-state index contributed by atoms with van der Waals surface area (Å²) in [5, 5.41) is 2.06. The van der Waals surface area contributed by atoms with Crippen LogP contribution in [0.25, 0.3) is 11.4 Å². The molecule has 19 heavy (non-hydrogen) atoms. The minimum atomic E-state index is -0.361. The Bertz CT molecular complexity index is 714. The van der Waals surface area contributed by atoms with E-state index in [9.17, 15) is 4.79 Å². The minimum Gasteiger partial charge on any atom is -0.361 e. The summed E-state index contributed by atoms with van der Waals surface area (Å²) in [6, 6.07) is 2.06. The number of hydrogen-bond donors (Lipinski definition) is 2. The zero-order chi connectivity index (χ0) is 13.0. The van der Waals surface area contributed by atoms with Crippen molar-refractivity contribution in [1.82, 2.24) is 19.9 Å². The lowest BCUT2D eigenvalue weighted by molar-refractivity contribution is 0.0948. The van der Waals surface area contributed by atoms with Crippen LogP contribution in [0.3, 0.4) is 0 Å². The number of carbonyl (C=O) groups excluding carboxylic acids is 1. The molecule has 2 aliphatic rings. The molecule has 0 atom stereocenters. The molecule has 2 aliphatic heterocycles. The van der Waals surface area contributed by atoms with Gasteiger partial charge in [0.25, 0.3) is 5.91 Å². The summed E-state index contributed by atoms with van der Waals surface area (Å²) in [6.45, 7) is 1.78. The highest BCUT2D eigenvalue weighted by molar-refractivity contribution is 7.10. The van der Waals surface area contributed by atoms with Crippen molar-refractivity contribution in [3.8, 4) is 5.69 Å². The zero-order valence-electron chi connectivity index (χ0n) is 9.96. The van der Waals surface area contributed by atoms with Crippen molar-refractivity contribution in [2.75, 3.05) is 6.54 Å². The third kappa shape index (κ3) is 1.33. The van der Waals surface area contributed by atoms with E-state index in [4.69, 9.17) is 5.84 Å². The lowest BCUT2D eigenvalue weighted by atomic mass is 10.1. The molecule has 3 N–H and O–H groups in total. The van der Waals surface area contributed by atoms with Crippen molar-refractivity contribution >= 4 is 22.9 Å². The molecule has 4 rings (SSSR count). The summed E-state index contributed by atoms with van der Waals surface area (Å²) in [7, 11) is 0. The van der Waals surface area contributed by atoms with Crippen molar-refractivity contribution in [3.63, 3.8) is 0 Å². The SMILES string of the molecule is NNC(=O)c1ncn2c1C1=CCN1Cc1sccc1-2. The molecule has 96 valence electrons. The topological polar surface area (TPSA) is 76.2 Å². The largest absolute Gasteiger partial charge is 0.361 e. The summed E-state index contributed by atoms with van der Waals surface area (Å²) in [4.78, 5) is 19.6. The van der Waals surface area contributed by atoms with Gasteiger partial charge in [-0.15, -0.1) is 11.3 Å². The number of nitrogen functional groups attached to an aromatic ring is 1. The Kier molecular flexibility index (Phi) is 2.09. The van der Waals surface area contributed by atoms with E-state index < -0.39 is 0 Å². The zero-order valence-corrected chi connectivity index (χ0v) is 10.8. The number of aromatic nitrogens is 2. The Morgan fingerprint density at radius 3 is 3.16 bits per heavy atom. The fourth-order valence-electron chi connectivity index (χ4n) is 2.56. The van der Waals surface area contributed by atoms with E-state index in [1.807, 2.05) is 4.57 Å². The number of nitrogens with zero attached hydrogens (tertiary/aromatic N) is 3. The highest BCUT2D eigenvalue weighted by Crippen LogP contribution is 2.38. The molecule has 2 aromatic rings. The summed E-state index contributed by atoms with van der Waals surface area (Å²) in [6.07, 6.45) is 3.80. The van der Waals surface area contributed by atoms with Gasteiger partial charge in [0.05, 0.1) is 17.9 Å². The highest BCUT2D eigenvalue weighted by atomic mass is 32.1. The molecule has 6 nitrogen and oxygen atoms in total. The second-order valence-corrected chi connectivity index (χ2v) is 5.48. The van der Waals surface area contributed by atoms with Gasteiger partial charge in [-0.05, 0) is 17.5 Å². The Labute approximate surface area is 113 Å². The number of hydrazine groups is 1. The van der Waals surface area contributed by atoms with Crippen LogP contribution >= 0.6 is 11.3 Å². The van der Waals surface area contributed by atoms with Gasteiger partial charge in [-0.2, -0.15) is 0 Å². The van der Waals surface area contributed by atoms with Crippen LogP contribution in [0.5, 0.6) is 0 Å². The Hall–Kier alpha value is -2.12. The van der Waals surface area contributed by atoms with Gasteiger partial charge in [0.15, 0.2) is 5.69 Å². The third-order valence-corrected chi connectivity index (χ3v) is 4.41. The maximum absolute atomic E-state index is 11.8. The Morgan fingerprint density at radius 2 is 2.42 bits per heavy atom. The first-order valence-electron chi connectivity index (χ1n) is 5.90. The van der Waals surface area contributed by atoms with E-state index in [1.165, 1.54) is 4.88 Å². The number of fused-ring (bicyclic) bond motifs is 5. The monoisotopic (exact) mass is 273 g/mol. The van der Waals surface area contributed by atoms with Gasteiger partial charge in [-0.3, -0.25) is 14.8 Å². The van der Waals surface area contributed by atoms with E-state index in [-0.39, 0.29) is 5.91 Å². The molecule has 0 aliphatic carbocycles. The molecular weight excluding hydrogens is 262 g/mol. The number of amides is 1. The first kappa shape index (κ1) is 10.8. The Morgan fingerprint density at radius 1 is 1.53 bits per heavy atom. The van der Waals surface area contributed by atoms with Gasteiger partial charge in [0.2, 0.25) is 0 Å². The average Bonchev–Trinajstić information content (AvgIpc) is 2.98. The number of thiophene rings is 1. The number of imidazole rings is 1. The fraction of sp³-hybridized carbons (Fsp3) is 0.167. The average molecular weight is 273 g/mol. The molecule has 4 heterocycles. The van der Waals surface area contributed by atoms with Crippen LogP contribution in [0.2, 0.25) is 0 Å².